The second kappa shape index (κ2) is 6.12. The number of hydrogen-bond donors (Lipinski definition) is 0. The summed E-state index contributed by atoms with van der Waals surface area (Å²) in [5.74, 6) is 0. The normalized spacial score (nSPS) is 22.7. The monoisotopic (exact) mass is 317 g/mol. The maximum Gasteiger partial charge on any atom is 0.0465 e. The van der Waals surface area contributed by atoms with E-state index in [1.807, 2.05) is 0 Å². The molecule has 0 atom stereocenters. The van der Waals surface area contributed by atoms with Crippen molar-refractivity contribution >= 4 is 11.8 Å². The van der Waals surface area contributed by atoms with Crippen molar-refractivity contribution in [1.82, 2.24) is 4.90 Å². The zero-order valence-corrected chi connectivity index (χ0v) is 14.7. The quantitative estimate of drug-likeness (QED) is 0.600. The SMILES string of the molecule is C=C1c2ccccc2C=C(C2(C)CCCCC2)N1C1=CCCC=C1. The molecule has 0 bridgehead atoms. The molecule has 1 heterocycles. The van der Waals surface area contributed by atoms with Crippen LogP contribution in [0.15, 0.2) is 60.5 Å². The van der Waals surface area contributed by atoms with Gasteiger partial charge in [-0.3, -0.25) is 0 Å². The van der Waals surface area contributed by atoms with Crippen molar-refractivity contribution in [3.63, 3.8) is 0 Å². The maximum atomic E-state index is 4.50. The molecular formula is C23H27N. The van der Waals surface area contributed by atoms with Gasteiger partial charge in [-0.2, -0.15) is 0 Å². The van der Waals surface area contributed by atoms with Crippen LogP contribution in [0.2, 0.25) is 0 Å². The predicted octanol–water partition coefficient (Wildman–Crippen LogP) is 6.52. The topological polar surface area (TPSA) is 3.24 Å². The molecule has 24 heavy (non-hydrogen) atoms. The Morgan fingerprint density at radius 3 is 2.58 bits per heavy atom. The fourth-order valence-corrected chi connectivity index (χ4v) is 4.46. The Bertz CT molecular complexity index is 741. The van der Waals surface area contributed by atoms with E-state index in [-0.39, 0.29) is 5.41 Å². The first-order valence-corrected chi connectivity index (χ1v) is 9.36. The van der Waals surface area contributed by atoms with Crippen molar-refractivity contribution in [2.75, 3.05) is 0 Å². The van der Waals surface area contributed by atoms with Crippen LogP contribution in [0.25, 0.3) is 11.8 Å². The molecule has 1 saturated carbocycles. The van der Waals surface area contributed by atoms with Crippen molar-refractivity contribution in [1.29, 1.82) is 0 Å². The summed E-state index contributed by atoms with van der Waals surface area (Å²) < 4.78 is 0. The van der Waals surface area contributed by atoms with Crippen LogP contribution in [0, 0.1) is 5.41 Å². The molecule has 2 aliphatic carbocycles. The van der Waals surface area contributed by atoms with Crippen molar-refractivity contribution in [2.45, 2.75) is 51.9 Å². The van der Waals surface area contributed by atoms with Gasteiger partial charge in [0.1, 0.15) is 0 Å². The third kappa shape index (κ3) is 2.56. The van der Waals surface area contributed by atoms with Crippen LogP contribution < -0.4 is 0 Å². The highest BCUT2D eigenvalue weighted by molar-refractivity contribution is 5.80. The van der Waals surface area contributed by atoms with E-state index in [0.717, 1.165) is 18.5 Å². The number of fused-ring (bicyclic) bond motifs is 1. The first kappa shape index (κ1) is 15.5. The Labute approximate surface area is 146 Å². The molecule has 1 nitrogen and oxygen atoms in total. The molecule has 1 aromatic carbocycles. The summed E-state index contributed by atoms with van der Waals surface area (Å²) in [6.45, 7) is 6.96. The van der Waals surface area contributed by atoms with Gasteiger partial charge in [0.05, 0.1) is 0 Å². The van der Waals surface area contributed by atoms with Crippen molar-refractivity contribution < 1.29 is 0 Å². The highest BCUT2D eigenvalue weighted by Gasteiger charge is 2.38. The molecule has 0 unspecified atom stereocenters. The van der Waals surface area contributed by atoms with Crippen LogP contribution in [0.1, 0.15) is 63.0 Å². The molecule has 1 fully saturated rings. The van der Waals surface area contributed by atoms with E-state index < -0.39 is 0 Å². The first-order valence-electron chi connectivity index (χ1n) is 9.36. The summed E-state index contributed by atoms with van der Waals surface area (Å²) >= 11 is 0. The Morgan fingerprint density at radius 1 is 1.04 bits per heavy atom. The Morgan fingerprint density at radius 2 is 1.83 bits per heavy atom. The van der Waals surface area contributed by atoms with Gasteiger partial charge < -0.3 is 4.90 Å². The van der Waals surface area contributed by atoms with Crippen LogP contribution in [0.5, 0.6) is 0 Å². The number of rotatable bonds is 2. The zero-order valence-electron chi connectivity index (χ0n) is 14.7. The van der Waals surface area contributed by atoms with Gasteiger partial charge in [0.25, 0.3) is 0 Å². The summed E-state index contributed by atoms with van der Waals surface area (Å²) in [6, 6.07) is 8.69. The van der Waals surface area contributed by atoms with Crippen LogP contribution in [0.4, 0.5) is 0 Å². The van der Waals surface area contributed by atoms with E-state index in [0.29, 0.717) is 0 Å². The van der Waals surface area contributed by atoms with Gasteiger partial charge in [0, 0.05) is 28.1 Å². The van der Waals surface area contributed by atoms with Crippen LogP contribution in [-0.4, -0.2) is 4.90 Å². The molecule has 0 aromatic heterocycles. The third-order valence-electron chi connectivity index (χ3n) is 5.88. The Kier molecular flexibility index (Phi) is 3.96. The molecule has 1 aliphatic heterocycles. The van der Waals surface area contributed by atoms with E-state index in [4.69, 9.17) is 0 Å². The van der Waals surface area contributed by atoms with Crippen LogP contribution >= 0.6 is 0 Å². The number of hydrogen-bond acceptors (Lipinski definition) is 1. The van der Waals surface area contributed by atoms with Gasteiger partial charge in [-0.15, -0.1) is 0 Å². The van der Waals surface area contributed by atoms with Crippen LogP contribution in [0.3, 0.4) is 0 Å². The number of allylic oxidation sites excluding steroid dienone is 4. The number of nitrogens with zero attached hydrogens (tertiary/aromatic N) is 1. The average molecular weight is 317 g/mol. The van der Waals surface area contributed by atoms with E-state index in [1.54, 1.807) is 0 Å². The summed E-state index contributed by atoms with van der Waals surface area (Å²) in [5.41, 5.74) is 6.72. The molecule has 4 rings (SSSR count). The van der Waals surface area contributed by atoms with E-state index in [2.05, 4.69) is 67.0 Å². The fraction of sp³-hybridized carbons (Fsp3) is 0.391. The molecule has 124 valence electrons. The predicted molar refractivity (Wildman–Crippen MR) is 103 cm³/mol. The summed E-state index contributed by atoms with van der Waals surface area (Å²) in [5, 5.41) is 0. The minimum Gasteiger partial charge on any atom is -0.314 e. The van der Waals surface area contributed by atoms with Gasteiger partial charge >= 0.3 is 0 Å². The van der Waals surface area contributed by atoms with Crippen molar-refractivity contribution in [3.05, 3.63) is 71.6 Å². The lowest BCUT2D eigenvalue weighted by Gasteiger charge is -2.45. The third-order valence-corrected chi connectivity index (χ3v) is 5.88. The lowest BCUT2D eigenvalue weighted by atomic mass is 9.71. The first-order chi connectivity index (χ1) is 11.7. The largest absolute Gasteiger partial charge is 0.314 e. The molecule has 3 aliphatic rings. The minimum absolute atomic E-state index is 0.251. The van der Waals surface area contributed by atoms with Gasteiger partial charge in [-0.1, -0.05) is 69.2 Å². The lowest BCUT2D eigenvalue weighted by Crippen LogP contribution is -2.35. The van der Waals surface area contributed by atoms with Crippen molar-refractivity contribution in [2.24, 2.45) is 5.41 Å². The fourth-order valence-electron chi connectivity index (χ4n) is 4.46. The van der Waals surface area contributed by atoms with Gasteiger partial charge in [0.15, 0.2) is 0 Å². The average Bonchev–Trinajstić information content (AvgIpc) is 2.63. The van der Waals surface area contributed by atoms with Crippen LogP contribution in [-0.2, 0) is 0 Å². The van der Waals surface area contributed by atoms with E-state index in [9.17, 15) is 0 Å². The molecule has 1 aromatic rings. The number of benzene rings is 1. The second-order valence-electron chi connectivity index (χ2n) is 7.63. The molecule has 1 heteroatoms. The molecule has 0 spiro atoms. The highest BCUT2D eigenvalue weighted by atomic mass is 15.2. The molecule has 0 radical (unpaired) electrons. The molecule has 0 N–H and O–H groups in total. The maximum absolute atomic E-state index is 4.50. The molecule has 0 saturated heterocycles. The summed E-state index contributed by atoms with van der Waals surface area (Å²) in [7, 11) is 0. The Balaban J connectivity index is 1.85. The van der Waals surface area contributed by atoms with Gasteiger partial charge in [-0.05, 0) is 43.4 Å². The van der Waals surface area contributed by atoms with Crippen molar-refractivity contribution in [3.8, 4) is 0 Å². The summed E-state index contributed by atoms with van der Waals surface area (Å²) in [6.07, 6.45) is 18.3. The zero-order chi connectivity index (χ0) is 16.6. The Hall–Kier alpha value is -2.02. The minimum atomic E-state index is 0.251. The van der Waals surface area contributed by atoms with Gasteiger partial charge in [-0.25, -0.2) is 0 Å². The lowest BCUT2D eigenvalue weighted by molar-refractivity contribution is 0.232. The summed E-state index contributed by atoms with van der Waals surface area (Å²) in [4.78, 5) is 2.45. The van der Waals surface area contributed by atoms with Gasteiger partial charge in [0.2, 0.25) is 0 Å². The van der Waals surface area contributed by atoms with E-state index >= 15 is 0 Å². The molecular weight excluding hydrogens is 290 g/mol. The molecule has 0 amide bonds. The standard InChI is InChI=1S/C23H27N/c1-18-21-14-8-7-11-19(21)17-22(23(2)15-9-4-10-16-23)24(18)20-12-5-3-6-13-20/h5,7-8,11-14,17H,1,3-4,6,9-10,15-16H2,2H3. The highest BCUT2D eigenvalue weighted by Crippen LogP contribution is 2.49. The second-order valence-corrected chi connectivity index (χ2v) is 7.63. The smallest absolute Gasteiger partial charge is 0.0465 e. The van der Waals surface area contributed by atoms with E-state index in [1.165, 1.54) is 54.6 Å².